The Labute approximate surface area is 196 Å². The van der Waals surface area contributed by atoms with E-state index in [1.54, 1.807) is 25.4 Å². The number of benzene rings is 1. The number of rotatable bonds is 5. The van der Waals surface area contributed by atoms with Crippen molar-refractivity contribution in [3.05, 3.63) is 48.2 Å². The number of H-pyrrole nitrogens is 1. The van der Waals surface area contributed by atoms with Crippen LogP contribution in [0.15, 0.2) is 42.6 Å². The van der Waals surface area contributed by atoms with Gasteiger partial charge in [-0.15, -0.1) is 0 Å². The van der Waals surface area contributed by atoms with Gasteiger partial charge in [0.15, 0.2) is 0 Å². The number of amides is 2. The summed E-state index contributed by atoms with van der Waals surface area (Å²) in [6, 6.07) is 10.1. The van der Waals surface area contributed by atoms with E-state index in [0.717, 1.165) is 30.3 Å². The molecule has 1 saturated heterocycles. The van der Waals surface area contributed by atoms with E-state index in [9.17, 15) is 14.0 Å². The van der Waals surface area contributed by atoms with Gasteiger partial charge in [0.25, 0.3) is 0 Å². The van der Waals surface area contributed by atoms with Gasteiger partial charge in [0.1, 0.15) is 29.3 Å². The summed E-state index contributed by atoms with van der Waals surface area (Å²) in [7, 11) is 1.60. The number of hydrogen-bond donors (Lipinski definition) is 2. The fourth-order valence-electron chi connectivity index (χ4n) is 5.33. The highest BCUT2D eigenvalue weighted by molar-refractivity contribution is 5.99. The molecule has 8 nitrogen and oxygen atoms in total. The summed E-state index contributed by atoms with van der Waals surface area (Å²) in [5, 5.41) is 9.52. The lowest BCUT2D eigenvalue weighted by molar-refractivity contribution is -0.143. The molecule has 2 aliphatic rings. The molecule has 1 aliphatic heterocycles. The standard InChI is InChI=1S/C25H28FN5O3/c1-34-18-7-5-16(6-8-18)25(11-3-2-4-12-25)24(33)31-15-17(26)13-21(31)23(32)29-22-10-9-19-20(28-22)14-27-30-19/h5-10,14,17,21H,2-4,11-13,15H2,1H3,(H,27,30)(H,28,29,32)/t17-,21-/m1/s1. The van der Waals surface area contributed by atoms with Gasteiger partial charge in [0, 0.05) is 6.42 Å². The van der Waals surface area contributed by atoms with Crippen LogP contribution in [0.25, 0.3) is 11.0 Å². The number of anilines is 1. The molecule has 2 aromatic heterocycles. The van der Waals surface area contributed by atoms with Crippen LogP contribution in [0.4, 0.5) is 10.2 Å². The second kappa shape index (κ2) is 9.04. The Bertz CT molecular complexity index is 1190. The first kappa shape index (κ1) is 22.3. The van der Waals surface area contributed by atoms with E-state index in [2.05, 4.69) is 20.5 Å². The molecule has 3 heterocycles. The van der Waals surface area contributed by atoms with E-state index in [1.165, 1.54) is 4.90 Å². The number of alkyl halides is 1. The van der Waals surface area contributed by atoms with Gasteiger partial charge in [-0.3, -0.25) is 14.7 Å². The summed E-state index contributed by atoms with van der Waals surface area (Å²) in [4.78, 5) is 33.1. The normalized spacial score (nSPS) is 22.0. The summed E-state index contributed by atoms with van der Waals surface area (Å²) in [5.41, 5.74) is 1.49. The summed E-state index contributed by atoms with van der Waals surface area (Å²) in [5.74, 6) is 0.461. The van der Waals surface area contributed by atoms with Crippen LogP contribution in [0.2, 0.25) is 0 Å². The van der Waals surface area contributed by atoms with Crippen LogP contribution in [-0.2, 0) is 15.0 Å². The predicted octanol–water partition coefficient (Wildman–Crippen LogP) is 3.75. The van der Waals surface area contributed by atoms with Crippen molar-refractivity contribution in [1.82, 2.24) is 20.1 Å². The number of pyridine rings is 1. The molecular weight excluding hydrogens is 437 g/mol. The molecule has 3 aromatic rings. The number of nitrogens with one attached hydrogen (secondary N) is 2. The number of fused-ring (bicyclic) bond motifs is 1. The van der Waals surface area contributed by atoms with Crippen molar-refractivity contribution in [2.75, 3.05) is 19.0 Å². The van der Waals surface area contributed by atoms with Gasteiger partial charge in [-0.25, -0.2) is 9.37 Å². The topological polar surface area (TPSA) is 100 Å². The number of nitrogens with zero attached hydrogens (tertiary/aromatic N) is 3. The lowest BCUT2D eigenvalue weighted by Gasteiger charge is -2.40. The van der Waals surface area contributed by atoms with Crippen molar-refractivity contribution >= 4 is 28.7 Å². The van der Waals surface area contributed by atoms with Crippen LogP contribution in [0.3, 0.4) is 0 Å². The monoisotopic (exact) mass is 465 g/mol. The molecule has 178 valence electrons. The molecule has 2 amide bonds. The van der Waals surface area contributed by atoms with Crippen molar-refractivity contribution in [3.8, 4) is 5.75 Å². The lowest BCUT2D eigenvalue weighted by Crippen LogP contribution is -2.52. The Morgan fingerprint density at radius 3 is 2.65 bits per heavy atom. The third-order valence-corrected chi connectivity index (χ3v) is 7.12. The maximum atomic E-state index is 14.6. The molecule has 5 rings (SSSR count). The Kier molecular flexibility index (Phi) is 5.93. The van der Waals surface area contributed by atoms with Gasteiger partial charge < -0.3 is 15.0 Å². The number of aromatic nitrogens is 3. The SMILES string of the molecule is COc1ccc(C2(C(=O)N3C[C@H](F)C[C@@H]3C(=O)Nc3ccc4[nH]ncc4n3)CCCCC2)cc1. The highest BCUT2D eigenvalue weighted by Crippen LogP contribution is 2.43. The summed E-state index contributed by atoms with van der Waals surface area (Å²) < 4.78 is 19.9. The summed E-state index contributed by atoms with van der Waals surface area (Å²) in [6.45, 7) is -0.0803. The average Bonchev–Trinajstić information content (AvgIpc) is 3.50. The van der Waals surface area contributed by atoms with E-state index in [1.807, 2.05) is 24.3 Å². The van der Waals surface area contributed by atoms with E-state index in [-0.39, 0.29) is 18.9 Å². The quantitative estimate of drug-likeness (QED) is 0.598. The first-order valence-electron chi connectivity index (χ1n) is 11.7. The van der Waals surface area contributed by atoms with Crippen molar-refractivity contribution in [1.29, 1.82) is 0 Å². The maximum absolute atomic E-state index is 14.6. The molecule has 0 radical (unpaired) electrons. The Balaban J connectivity index is 1.41. The van der Waals surface area contributed by atoms with E-state index < -0.39 is 23.5 Å². The number of carbonyl (C=O) groups excluding carboxylic acids is 2. The smallest absolute Gasteiger partial charge is 0.248 e. The highest BCUT2D eigenvalue weighted by Gasteiger charge is 2.49. The van der Waals surface area contributed by atoms with Gasteiger partial charge in [0.2, 0.25) is 11.8 Å². The molecule has 1 aromatic carbocycles. The largest absolute Gasteiger partial charge is 0.497 e. The number of likely N-dealkylation sites (tertiary alicyclic amines) is 1. The predicted molar refractivity (Wildman–Crippen MR) is 125 cm³/mol. The van der Waals surface area contributed by atoms with Crippen molar-refractivity contribution in [2.24, 2.45) is 0 Å². The van der Waals surface area contributed by atoms with Gasteiger partial charge in [-0.05, 0) is 42.7 Å². The fourth-order valence-corrected chi connectivity index (χ4v) is 5.33. The molecule has 2 N–H and O–H groups in total. The second-order valence-corrected chi connectivity index (χ2v) is 9.17. The van der Waals surface area contributed by atoms with Gasteiger partial charge in [0.05, 0.1) is 30.8 Å². The molecule has 1 saturated carbocycles. The molecule has 9 heteroatoms. The zero-order valence-electron chi connectivity index (χ0n) is 19.1. The zero-order chi connectivity index (χ0) is 23.7. The van der Waals surface area contributed by atoms with Gasteiger partial charge in [-0.1, -0.05) is 31.4 Å². The minimum Gasteiger partial charge on any atom is -0.497 e. The number of halogens is 1. The zero-order valence-corrected chi connectivity index (χ0v) is 19.1. The average molecular weight is 466 g/mol. The molecule has 2 fully saturated rings. The molecule has 0 bridgehead atoms. The third-order valence-electron chi connectivity index (χ3n) is 7.12. The van der Waals surface area contributed by atoms with Crippen LogP contribution >= 0.6 is 0 Å². The summed E-state index contributed by atoms with van der Waals surface area (Å²) >= 11 is 0. The molecule has 0 spiro atoms. The van der Waals surface area contributed by atoms with Gasteiger partial charge in [-0.2, -0.15) is 5.10 Å². The number of ether oxygens (including phenoxy) is 1. The summed E-state index contributed by atoms with van der Waals surface area (Å²) in [6.07, 6.45) is 4.53. The number of hydrogen-bond acceptors (Lipinski definition) is 5. The number of methoxy groups -OCH3 is 1. The van der Waals surface area contributed by atoms with Crippen molar-refractivity contribution < 1.29 is 18.7 Å². The Morgan fingerprint density at radius 1 is 1.15 bits per heavy atom. The van der Waals surface area contributed by atoms with E-state index in [4.69, 9.17) is 4.74 Å². The molecule has 1 aliphatic carbocycles. The van der Waals surface area contributed by atoms with Crippen LogP contribution < -0.4 is 10.1 Å². The minimum atomic E-state index is -1.25. The van der Waals surface area contributed by atoms with E-state index >= 15 is 0 Å². The fraction of sp³-hybridized carbons (Fsp3) is 0.440. The van der Waals surface area contributed by atoms with Gasteiger partial charge >= 0.3 is 0 Å². The first-order chi connectivity index (χ1) is 16.5. The van der Waals surface area contributed by atoms with Crippen LogP contribution in [-0.4, -0.2) is 57.8 Å². The van der Waals surface area contributed by atoms with E-state index in [0.29, 0.717) is 29.9 Å². The van der Waals surface area contributed by atoms with Crippen LogP contribution in [0.1, 0.15) is 44.1 Å². The Hall–Kier alpha value is -3.49. The lowest BCUT2D eigenvalue weighted by atomic mass is 9.68. The molecule has 0 unspecified atom stereocenters. The van der Waals surface area contributed by atoms with Crippen LogP contribution in [0, 0.1) is 0 Å². The Morgan fingerprint density at radius 2 is 1.91 bits per heavy atom. The number of aromatic amines is 1. The highest BCUT2D eigenvalue weighted by atomic mass is 19.1. The molecule has 2 atom stereocenters. The third kappa shape index (κ3) is 3.99. The van der Waals surface area contributed by atoms with Crippen molar-refractivity contribution in [2.45, 2.75) is 56.2 Å². The maximum Gasteiger partial charge on any atom is 0.248 e. The van der Waals surface area contributed by atoms with Crippen LogP contribution in [0.5, 0.6) is 5.75 Å². The first-order valence-corrected chi connectivity index (χ1v) is 11.7. The molecule has 34 heavy (non-hydrogen) atoms. The minimum absolute atomic E-state index is 0.0236. The number of carbonyl (C=O) groups is 2. The second-order valence-electron chi connectivity index (χ2n) is 9.17. The van der Waals surface area contributed by atoms with Crippen molar-refractivity contribution in [3.63, 3.8) is 0 Å². The molecular formula is C25H28FN5O3.